The van der Waals surface area contributed by atoms with Crippen LogP contribution in [-0.4, -0.2) is 16.4 Å². The smallest absolute Gasteiger partial charge is 0.349 e. The molecule has 0 saturated carbocycles. The topological polar surface area (TPSA) is 72.6 Å². The molecule has 1 aromatic rings. The third-order valence-corrected chi connectivity index (χ3v) is 1.70. The Balaban J connectivity index is 2.84. The molecule has 0 bridgehead atoms. The van der Waals surface area contributed by atoms with E-state index in [1.165, 1.54) is 6.20 Å². The fraction of sp³-hybridized carbons (Fsp3) is 0.429. The molecule has 1 rings (SSSR count). The standard InChI is InChI=1S/C7H9NO4/c1-4(7(9)12-10)6-3-8-11-5(6)2/h3-4,10H,1-2H3. The van der Waals surface area contributed by atoms with Crippen LogP contribution in [0.3, 0.4) is 0 Å². The number of hydrogen-bond donors (Lipinski definition) is 1. The molecule has 0 amide bonds. The lowest BCUT2D eigenvalue weighted by Gasteiger charge is -2.03. The number of hydrogen-bond acceptors (Lipinski definition) is 5. The van der Waals surface area contributed by atoms with Crippen molar-refractivity contribution in [1.82, 2.24) is 5.16 Å². The summed E-state index contributed by atoms with van der Waals surface area (Å²) in [5, 5.41) is 11.6. The van der Waals surface area contributed by atoms with Gasteiger partial charge in [0.25, 0.3) is 0 Å². The summed E-state index contributed by atoms with van der Waals surface area (Å²) in [7, 11) is 0. The van der Waals surface area contributed by atoms with E-state index in [-0.39, 0.29) is 0 Å². The molecule has 1 aromatic heterocycles. The Morgan fingerprint density at radius 1 is 1.83 bits per heavy atom. The monoisotopic (exact) mass is 171 g/mol. The van der Waals surface area contributed by atoms with E-state index in [2.05, 4.69) is 10.0 Å². The second-order valence-corrected chi connectivity index (χ2v) is 2.47. The molecule has 0 radical (unpaired) electrons. The Bertz CT molecular complexity index is 281. The second-order valence-electron chi connectivity index (χ2n) is 2.47. The van der Waals surface area contributed by atoms with Gasteiger partial charge in [0.05, 0.1) is 12.1 Å². The minimum Gasteiger partial charge on any atom is -0.361 e. The van der Waals surface area contributed by atoms with E-state index >= 15 is 0 Å². The molecular weight excluding hydrogens is 162 g/mol. The van der Waals surface area contributed by atoms with Gasteiger partial charge < -0.3 is 9.41 Å². The van der Waals surface area contributed by atoms with Crippen LogP contribution in [0.25, 0.3) is 0 Å². The van der Waals surface area contributed by atoms with Gasteiger partial charge in [0.1, 0.15) is 5.76 Å². The van der Waals surface area contributed by atoms with Gasteiger partial charge in [-0.1, -0.05) is 5.16 Å². The number of carbonyl (C=O) groups is 1. The Labute approximate surface area is 68.9 Å². The molecule has 0 spiro atoms. The van der Waals surface area contributed by atoms with Gasteiger partial charge in [0.15, 0.2) is 0 Å². The van der Waals surface area contributed by atoms with Crippen LogP contribution in [-0.2, 0) is 9.68 Å². The normalized spacial score (nSPS) is 12.6. The number of rotatable bonds is 2. The first-order valence-corrected chi connectivity index (χ1v) is 3.43. The predicted molar refractivity (Wildman–Crippen MR) is 38.4 cm³/mol. The van der Waals surface area contributed by atoms with Gasteiger partial charge in [-0.15, -0.1) is 0 Å². The molecule has 12 heavy (non-hydrogen) atoms. The molecule has 66 valence electrons. The summed E-state index contributed by atoms with van der Waals surface area (Å²) in [5.41, 5.74) is 0.619. The van der Waals surface area contributed by atoms with E-state index in [1.54, 1.807) is 13.8 Å². The molecule has 1 heterocycles. The van der Waals surface area contributed by atoms with E-state index in [4.69, 9.17) is 9.78 Å². The zero-order chi connectivity index (χ0) is 9.14. The molecule has 0 aliphatic carbocycles. The molecule has 1 unspecified atom stereocenters. The average molecular weight is 171 g/mol. The zero-order valence-corrected chi connectivity index (χ0v) is 6.77. The van der Waals surface area contributed by atoms with Crippen LogP contribution in [0.4, 0.5) is 0 Å². The molecule has 0 aliphatic heterocycles. The summed E-state index contributed by atoms with van der Waals surface area (Å²) >= 11 is 0. The molecule has 0 fully saturated rings. The van der Waals surface area contributed by atoms with Gasteiger partial charge in [-0.25, -0.2) is 4.79 Å². The van der Waals surface area contributed by atoms with E-state index in [0.717, 1.165) is 0 Å². The van der Waals surface area contributed by atoms with Crippen molar-refractivity contribution in [2.75, 3.05) is 0 Å². The third-order valence-electron chi connectivity index (χ3n) is 1.70. The van der Waals surface area contributed by atoms with Crippen LogP contribution in [0.2, 0.25) is 0 Å². The molecule has 0 aliphatic rings. The van der Waals surface area contributed by atoms with E-state index in [0.29, 0.717) is 11.3 Å². The van der Waals surface area contributed by atoms with Crippen molar-refractivity contribution in [3.8, 4) is 0 Å². The van der Waals surface area contributed by atoms with Crippen LogP contribution < -0.4 is 0 Å². The minimum atomic E-state index is -0.721. The Hall–Kier alpha value is -1.36. The average Bonchev–Trinajstić information content (AvgIpc) is 2.48. The predicted octanol–water partition coefficient (Wildman–Crippen LogP) is 1.10. The van der Waals surface area contributed by atoms with Crippen molar-refractivity contribution in [2.24, 2.45) is 0 Å². The summed E-state index contributed by atoms with van der Waals surface area (Å²) in [6, 6.07) is 0. The van der Waals surface area contributed by atoms with Crippen LogP contribution in [0, 0.1) is 6.92 Å². The van der Waals surface area contributed by atoms with Crippen molar-refractivity contribution in [1.29, 1.82) is 0 Å². The Morgan fingerprint density at radius 3 is 2.92 bits per heavy atom. The second kappa shape index (κ2) is 3.36. The Morgan fingerprint density at radius 2 is 2.50 bits per heavy atom. The van der Waals surface area contributed by atoms with Crippen molar-refractivity contribution < 1.29 is 19.5 Å². The first-order valence-electron chi connectivity index (χ1n) is 3.43. The summed E-state index contributed by atoms with van der Waals surface area (Å²) in [4.78, 5) is 14.4. The molecule has 1 N–H and O–H groups in total. The quantitative estimate of drug-likeness (QED) is 0.532. The van der Waals surface area contributed by atoms with Crippen LogP contribution >= 0.6 is 0 Å². The summed E-state index contributed by atoms with van der Waals surface area (Å²) < 4.78 is 4.74. The van der Waals surface area contributed by atoms with E-state index in [1.807, 2.05) is 0 Å². The largest absolute Gasteiger partial charge is 0.361 e. The molecule has 1 atom stereocenters. The van der Waals surface area contributed by atoms with Gasteiger partial charge in [0.2, 0.25) is 0 Å². The van der Waals surface area contributed by atoms with Crippen molar-refractivity contribution in [2.45, 2.75) is 19.8 Å². The fourth-order valence-electron chi connectivity index (χ4n) is 0.929. The van der Waals surface area contributed by atoms with Crippen LogP contribution in [0.1, 0.15) is 24.2 Å². The van der Waals surface area contributed by atoms with E-state index < -0.39 is 11.9 Å². The van der Waals surface area contributed by atoms with Gasteiger partial charge in [-0.2, -0.15) is 5.26 Å². The lowest BCUT2D eigenvalue weighted by atomic mass is 10.0. The summed E-state index contributed by atoms with van der Waals surface area (Å²) in [5.74, 6) is -0.726. The highest BCUT2D eigenvalue weighted by atomic mass is 17.1. The number of aromatic nitrogens is 1. The van der Waals surface area contributed by atoms with Gasteiger partial charge in [0, 0.05) is 5.56 Å². The maximum Gasteiger partial charge on any atom is 0.349 e. The maximum atomic E-state index is 10.8. The highest BCUT2D eigenvalue weighted by Gasteiger charge is 2.21. The van der Waals surface area contributed by atoms with Gasteiger partial charge in [-0.3, -0.25) is 0 Å². The van der Waals surface area contributed by atoms with Gasteiger partial charge in [-0.05, 0) is 13.8 Å². The minimum absolute atomic E-state index is 0.549. The highest BCUT2D eigenvalue weighted by molar-refractivity contribution is 5.77. The molecule has 5 nitrogen and oxygen atoms in total. The van der Waals surface area contributed by atoms with Gasteiger partial charge >= 0.3 is 5.97 Å². The zero-order valence-electron chi connectivity index (χ0n) is 6.77. The molecule has 0 aromatic carbocycles. The van der Waals surface area contributed by atoms with Crippen molar-refractivity contribution in [3.63, 3.8) is 0 Å². The lowest BCUT2D eigenvalue weighted by molar-refractivity contribution is -0.235. The number of nitrogens with zero attached hydrogens (tertiary/aromatic N) is 1. The van der Waals surface area contributed by atoms with Crippen LogP contribution in [0.5, 0.6) is 0 Å². The van der Waals surface area contributed by atoms with Crippen molar-refractivity contribution in [3.05, 3.63) is 17.5 Å². The number of aryl methyl sites for hydroxylation is 1. The summed E-state index contributed by atoms with van der Waals surface area (Å²) in [6.45, 7) is 3.28. The van der Waals surface area contributed by atoms with Crippen LogP contribution in [0.15, 0.2) is 10.7 Å². The van der Waals surface area contributed by atoms with Crippen molar-refractivity contribution >= 4 is 5.97 Å². The fourth-order valence-corrected chi connectivity index (χ4v) is 0.929. The third kappa shape index (κ3) is 1.45. The lowest BCUT2D eigenvalue weighted by Crippen LogP contribution is -2.11. The summed E-state index contributed by atoms with van der Waals surface area (Å²) in [6.07, 6.45) is 1.43. The van der Waals surface area contributed by atoms with E-state index in [9.17, 15) is 4.79 Å². The Kier molecular flexibility index (Phi) is 2.44. The maximum absolute atomic E-state index is 10.8. The number of carbonyl (C=O) groups excluding carboxylic acids is 1. The molecular formula is C7H9NO4. The highest BCUT2D eigenvalue weighted by Crippen LogP contribution is 2.19. The SMILES string of the molecule is Cc1oncc1C(C)C(=O)OO. The molecule has 0 saturated heterocycles. The first kappa shape index (κ1) is 8.73. The molecule has 5 heteroatoms. The first-order chi connectivity index (χ1) is 5.66.